The normalized spacial score (nSPS) is 10.9. The third-order valence-electron chi connectivity index (χ3n) is 6.75. The third-order valence-corrected chi connectivity index (χ3v) is 7.84. The first-order chi connectivity index (χ1) is 20.6. The quantitative estimate of drug-likeness (QED) is 0.163. The van der Waals surface area contributed by atoms with Gasteiger partial charge in [0.25, 0.3) is 0 Å². The predicted octanol–water partition coefficient (Wildman–Crippen LogP) is 8.05. The highest BCUT2D eigenvalue weighted by atomic mass is 32.2. The Bertz CT molecular complexity index is 1900. The van der Waals surface area contributed by atoms with Crippen LogP contribution in [0.2, 0.25) is 0 Å². The van der Waals surface area contributed by atoms with Gasteiger partial charge in [-0.1, -0.05) is 54.2 Å². The van der Waals surface area contributed by atoms with Gasteiger partial charge < -0.3 is 14.0 Å². The lowest BCUT2D eigenvalue weighted by Crippen LogP contribution is -1.99. The van der Waals surface area contributed by atoms with Gasteiger partial charge in [-0.25, -0.2) is 4.98 Å². The van der Waals surface area contributed by atoms with Crippen LogP contribution in [0.4, 0.5) is 0 Å². The number of nitriles is 1. The molecule has 0 saturated carbocycles. The molecule has 0 unspecified atom stereocenters. The number of aromatic nitrogens is 4. The Morgan fingerprint density at radius 3 is 2.40 bits per heavy atom. The second-order valence-corrected chi connectivity index (χ2v) is 10.5. The monoisotopic (exact) mass is 569 g/mol. The van der Waals surface area contributed by atoms with Crippen molar-refractivity contribution in [2.75, 3.05) is 6.61 Å². The molecule has 2 aromatic heterocycles. The van der Waals surface area contributed by atoms with Crippen LogP contribution in [0.25, 0.3) is 33.5 Å². The molecule has 7 nitrogen and oxygen atoms in total. The van der Waals surface area contributed by atoms with Crippen LogP contribution >= 0.6 is 11.8 Å². The summed E-state index contributed by atoms with van der Waals surface area (Å²) >= 11 is 1.60. The van der Waals surface area contributed by atoms with Crippen LogP contribution in [0.1, 0.15) is 18.1 Å². The van der Waals surface area contributed by atoms with E-state index in [1.165, 1.54) is 0 Å². The number of nitrogens with zero attached hydrogens (tertiary/aromatic N) is 5. The van der Waals surface area contributed by atoms with Gasteiger partial charge in [0.05, 0.1) is 29.5 Å². The number of rotatable bonds is 9. The molecule has 0 spiro atoms. The maximum Gasteiger partial charge on any atom is 0.191 e. The topological polar surface area (TPSA) is 85.9 Å². The summed E-state index contributed by atoms with van der Waals surface area (Å²) in [6, 6.07) is 35.4. The number of hydrogen-bond donors (Lipinski definition) is 0. The number of thioether (sulfide) groups is 1. The zero-order valence-corrected chi connectivity index (χ0v) is 24.0. The van der Waals surface area contributed by atoms with Crippen molar-refractivity contribution in [2.24, 2.45) is 7.05 Å². The molecule has 6 rings (SSSR count). The van der Waals surface area contributed by atoms with Crippen LogP contribution in [0, 0.1) is 11.3 Å². The maximum atomic E-state index is 9.08. The first-order valence-corrected chi connectivity index (χ1v) is 14.5. The van der Waals surface area contributed by atoms with Crippen molar-refractivity contribution in [2.45, 2.75) is 17.8 Å². The molecule has 0 aliphatic heterocycles. The first-order valence-electron chi connectivity index (χ1n) is 13.5. The van der Waals surface area contributed by atoms with Crippen LogP contribution in [0.5, 0.6) is 17.2 Å². The molecule has 0 amide bonds. The van der Waals surface area contributed by atoms with Crippen molar-refractivity contribution in [3.8, 4) is 46.0 Å². The van der Waals surface area contributed by atoms with Gasteiger partial charge in [-0.05, 0) is 67.1 Å². The number of ether oxygens (including phenoxy) is 2. The molecule has 4 aromatic carbocycles. The number of hydrogen-bond acceptors (Lipinski definition) is 7. The maximum absolute atomic E-state index is 9.08. The van der Waals surface area contributed by atoms with Crippen LogP contribution in [0.3, 0.4) is 0 Å². The molecule has 42 heavy (non-hydrogen) atoms. The van der Waals surface area contributed by atoms with Crippen LogP contribution in [-0.2, 0) is 12.8 Å². The molecule has 0 saturated heterocycles. The minimum absolute atomic E-state index is 0.551. The number of benzene rings is 4. The van der Waals surface area contributed by atoms with E-state index in [1.54, 1.807) is 11.8 Å². The van der Waals surface area contributed by atoms with Gasteiger partial charge in [0.1, 0.15) is 17.2 Å². The fourth-order valence-corrected chi connectivity index (χ4v) is 5.54. The fourth-order valence-electron chi connectivity index (χ4n) is 4.68. The smallest absolute Gasteiger partial charge is 0.191 e. The highest BCUT2D eigenvalue weighted by Crippen LogP contribution is 2.37. The molecule has 0 N–H and O–H groups in total. The highest BCUT2D eigenvalue weighted by molar-refractivity contribution is 7.98. The Kier molecular flexibility index (Phi) is 7.84. The highest BCUT2D eigenvalue weighted by Gasteiger charge is 2.18. The van der Waals surface area contributed by atoms with Crippen molar-refractivity contribution < 1.29 is 9.47 Å². The average Bonchev–Trinajstić information content (AvgIpc) is 3.40. The fraction of sp³-hybridized carbons (Fsp3) is 0.118. The molecule has 0 fully saturated rings. The van der Waals surface area contributed by atoms with Gasteiger partial charge in [-0.15, -0.1) is 10.2 Å². The molecule has 206 valence electrons. The molecular formula is C34H27N5O2S. The van der Waals surface area contributed by atoms with Crippen molar-refractivity contribution in [1.29, 1.82) is 5.26 Å². The van der Waals surface area contributed by atoms with Crippen molar-refractivity contribution in [1.82, 2.24) is 19.7 Å². The van der Waals surface area contributed by atoms with Gasteiger partial charge in [-0.2, -0.15) is 5.26 Å². The molecule has 0 atom stereocenters. The van der Waals surface area contributed by atoms with Gasteiger partial charge in [0.2, 0.25) is 0 Å². The predicted molar refractivity (Wildman–Crippen MR) is 166 cm³/mol. The first kappa shape index (κ1) is 27.1. The molecule has 0 aliphatic rings. The second-order valence-electron chi connectivity index (χ2n) is 9.54. The molecule has 0 aliphatic carbocycles. The molecule has 0 bridgehead atoms. The Morgan fingerprint density at radius 2 is 1.62 bits per heavy atom. The number of para-hydroxylation sites is 2. The standard InChI is InChI=1S/C34H27N5O2S/c1-3-40-32-12-8-7-11-28(32)31-20-29(27-18-17-26(19-30(27)36-31)41-25-9-5-4-6-10-25)33-37-38-34(39(33)2)42-22-24-15-13-23(21-35)14-16-24/h4-20H,3,22H2,1-2H3. The summed E-state index contributed by atoms with van der Waals surface area (Å²) in [5, 5.41) is 20.0. The van der Waals surface area contributed by atoms with Crippen LogP contribution < -0.4 is 9.47 Å². The summed E-state index contributed by atoms with van der Waals surface area (Å²) in [6.45, 7) is 2.52. The molecule has 2 heterocycles. The van der Waals surface area contributed by atoms with Crippen LogP contribution in [-0.4, -0.2) is 26.4 Å². The van der Waals surface area contributed by atoms with Gasteiger partial charge in [0, 0.05) is 35.4 Å². The van der Waals surface area contributed by atoms with Gasteiger partial charge >= 0.3 is 0 Å². The summed E-state index contributed by atoms with van der Waals surface area (Å²) in [5.74, 6) is 3.66. The molecule has 0 radical (unpaired) electrons. The van der Waals surface area contributed by atoms with E-state index in [4.69, 9.17) is 19.7 Å². The van der Waals surface area contributed by atoms with E-state index < -0.39 is 0 Å². The van der Waals surface area contributed by atoms with Gasteiger partial charge in [-0.3, -0.25) is 0 Å². The lowest BCUT2D eigenvalue weighted by atomic mass is 10.0. The van der Waals surface area contributed by atoms with E-state index in [0.29, 0.717) is 23.7 Å². The minimum atomic E-state index is 0.551. The second kappa shape index (κ2) is 12.2. The van der Waals surface area contributed by atoms with Crippen molar-refractivity contribution >= 4 is 22.7 Å². The summed E-state index contributed by atoms with van der Waals surface area (Å²) in [6.07, 6.45) is 0. The zero-order chi connectivity index (χ0) is 28.9. The van der Waals surface area contributed by atoms with Gasteiger partial charge in [0.15, 0.2) is 11.0 Å². The minimum Gasteiger partial charge on any atom is -0.493 e. The van der Waals surface area contributed by atoms with E-state index in [9.17, 15) is 0 Å². The Labute approximate surface area is 248 Å². The largest absolute Gasteiger partial charge is 0.493 e. The number of fused-ring (bicyclic) bond motifs is 1. The molecule has 6 aromatic rings. The van der Waals surface area contributed by atoms with E-state index in [2.05, 4.69) is 22.3 Å². The summed E-state index contributed by atoms with van der Waals surface area (Å²) in [7, 11) is 1.98. The third kappa shape index (κ3) is 5.69. The van der Waals surface area contributed by atoms with Crippen LogP contribution in [0.15, 0.2) is 108 Å². The SMILES string of the molecule is CCOc1ccccc1-c1cc(-c2nnc(SCc3ccc(C#N)cc3)n2C)c2ccc(Oc3ccccc3)cc2n1. The molecule has 8 heteroatoms. The van der Waals surface area contributed by atoms with E-state index in [1.807, 2.05) is 116 Å². The Morgan fingerprint density at radius 1 is 0.833 bits per heavy atom. The summed E-state index contributed by atoms with van der Waals surface area (Å²) < 4.78 is 14.1. The van der Waals surface area contributed by atoms with Crippen molar-refractivity contribution in [3.05, 3.63) is 114 Å². The van der Waals surface area contributed by atoms with Crippen molar-refractivity contribution in [3.63, 3.8) is 0 Å². The zero-order valence-electron chi connectivity index (χ0n) is 23.2. The lowest BCUT2D eigenvalue weighted by Gasteiger charge is -2.14. The molecular weight excluding hydrogens is 542 g/mol. The van der Waals surface area contributed by atoms with E-state index in [0.717, 1.165) is 55.8 Å². The van der Waals surface area contributed by atoms with E-state index >= 15 is 0 Å². The lowest BCUT2D eigenvalue weighted by molar-refractivity contribution is 0.341. The Balaban J connectivity index is 1.42. The summed E-state index contributed by atoms with van der Waals surface area (Å²) in [5.41, 5.74) is 5.11. The van der Waals surface area contributed by atoms with E-state index in [-0.39, 0.29) is 0 Å². The Hall–Kier alpha value is -5.13. The average molecular weight is 570 g/mol. The number of pyridine rings is 1. The summed E-state index contributed by atoms with van der Waals surface area (Å²) in [4.78, 5) is 5.06.